The van der Waals surface area contributed by atoms with Crippen molar-refractivity contribution in [3.05, 3.63) is 0 Å². The van der Waals surface area contributed by atoms with Gasteiger partial charge in [0, 0.05) is 6.54 Å². The van der Waals surface area contributed by atoms with E-state index >= 15 is 0 Å². The second-order valence-corrected chi connectivity index (χ2v) is 7.38. The van der Waals surface area contributed by atoms with Gasteiger partial charge in [0.05, 0.1) is 11.5 Å². The largest absolute Gasteiger partial charge is 0.409 e. The normalized spacial score (nSPS) is 25.8. The van der Waals surface area contributed by atoms with E-state index in [1.165, 1.54) is 0 Å². The minimum atomic E-state index is -2.95. The molecule has 1 heterocycles. The molecule has 1 aliphatic rings. The number of sulfone groups is 1. The quantitative estimate of drug-likeness (QED) is 0.278. The van der Waals surface area contributed by atoms with Crippen molar-refractivity contribution in [1.82, 2.24) is 5.32 Å². The SMILES string of the molecule is CCC(C)(C(=O)NCC1CCS(=O)(=O)C1)C(N)=NO. The summed E-state index contributed by atoms with van der Waals surface area (Å²) in [5.74, 6) is -0.262. The number of oxime groups is 1. The van der Waals surface area contributed by atoms with Crippen LogP contribution in [0.25, 0.3) is 0 Å². The highest BCUT2D eigenvalue weighted by molar-refractivity contribution is 7.91. The van der Waals surface area contributed by atoms with Crippen LogP contribution in [0.5, 0.6) is 0 Å². The van der Waals surface area contributed by atoms with Crippen molar-refractivity contribution in [3.8, 4) is 0 Å². The molecular formula is C11H21N3O4S. The molecular weight excluding hydrogens is 270 g/mol. The van der Waals surface area contributed by atoms with Crippen LogP contribution in [0.15, 0.2) is 5.16 Å². The van der Waals surface area contributed by atoms with E-state index in [9.17, 15) is 13.2 Å². The van der Waals surface area contributed by atoms with Crippen LogP contribution in [0.2, 0.25) is 0 Å². The van der Waals surface area contributed by atoms with Crippen molar-refractivity contribution in [2.45, 2.75) is 26.7 Å². The number of hydrogen-bond acceptors (Lipinski definition) is 5. The van der Waals surface area contributed by atoms with E-state index in [2.05, 4.69) is 10.5 Å². The van der Waals surface area contributed by atoms with E-state index in [1.807, 2.05) is 0 Å². The lowest BCUT2D eigenvalue weighted by Crippen LogP contribution is -2.48. The third-order valence-corrected chi connectivity index (χ3v) is 5.60. The summed E-state index contributed by atoms with van der Waals surface area (Å²) in [6, 6.07) is 0. The molecule has 1 saturated heterocycles. The Hall–Kier alpha value is -1.31. The predicted octanol–water partition coefficient (Wildman–Crippen LogP) is -0.300. The predicted molar refractivity (Wildman–Crippen MR) is 71.6 cm³/mol. The summed E-state index contributed by atoms with van der Waals surface area (Å²) in [6.07, 6.45) is 0.951. The summed E-state index contributed by atoms with van der Waals surface area (Å²) < 4.78 is 22.6. The minimum Gasteiger partial charge on any atom is -0.409 e. The van der Waals surface area contributed by atoms with Crippen LogP contribution < -0.4 is 11.1 Å². The highest BCUT2D eigenvalue weighted by Crippen LogP contribution is 2.22. The number of nitrogens with one attached hydrogen (secondary N) is 1. The molecule has 0 aromatic rings. The van der Waals surface area contributed by atoms with Crippen molar-refractivity contribution < 1.29 is 18.4 Å². The molecule has 110 valence electrons. The Balaban J connectivity index is 2.60. The van der Waals surface area contributed by atoms with Crippen LogP contribution in [0.3, 0.4) is 0 Å². The monoisotopic (exact) mass is 291 g/mol. The van der Waals surface area contributed by atoms with E-state index in [-0.39, 0.29) is 29.2 Å². The molecule has 8 heteroatoms. The van der Waals surface area contributed by atoms with Crippen molar-refractivity contribution in [3.63, 3.8) is 0 Å². The maximum atomic E-state index is 12.1. The number of carbonyl (C=O) groups excluding carboxylic acids is 1. The number of nitrogens with two attached hydrogens (primary N) is 1. The molecule has 1 aliphatic heterocycles. The van der Waals surface area contributed by atoms with Gasteiger partial charge in [-0.25, -0.2) is 8.42 Å². The van der Waals surface area contributed by atoms with Gasteiger partial charge in [-0.05, 0) is 25.7 Å². The fourth-order valence-corrected chi connectivity index (χ4v) is 3.90. The molecule has 0 aromatic heterocycles. The Morgan fingerprint density at radius 1 is 1.58 bits per heavy atom. The van der Waals surface area contributed by atoms with Gasteiger partial charge in [0.15, 0.2) is 15.7 Å². The Kier molecular flexibility index (Phi) is 4.78. The van der Waals surface area contributed by atoms with Crippen LogP contribution in [0, 0.1) is 11.3 Å². The van der Waals surface area contributed by atoms with E-state index < -0.39 is 15.3 Å². The van der Waals surface area contributed by atoms with Crippen LogP contribution >= 0.6 is 0 Å². The summed E-state index contributed by atoms with van der Waals surface area (Å²) >= 11 is 0. The van der Waals surface area contributed by atoms with Gasteiger partial charge >= 0.3 is 0 Å². The fourth-order valence-electron chi connectivity index (χ4n) is 2.03. The lowest BCUT2D eigenvalue weighted by molar-refractivity contribution is -0.127. The summed E-state index contributed by atoms with van der Waals surface area (Å²) in [5, 5.41) is 14.3. The Bertz CT molecular complexity index is 474. The fraction of sp³-hybridized carbons (Fsp3) is 0.818. The molecule has 0 saturated carbocycles. The zero-order valence-electron chi connectivity index (χ0n) is 11.2. The number of carbonyl (C=O) groups is 1. The molecule has 0 spiro atoms. The molecule has 7 nitrogen and oxygen atoms in total. The second-order valence-electron chi connectivity index (χ2n) is 5.15. The zero-order valence-corrected chi connectivity index (χ0v) is 12.0. The Morgan fingerprint density at radius 3 is 2.63 bits per heavy atom. The summed E-state index contributed by atoms with van der Waals surface area (Å²) in [5.41, 5.74) is 4.46. The van der Waals surface area contributed by atoms with Gasteiger partial charge in [0.1, 0.15) is 5.41 Å². The first-order valence-corrected chi connectivity index (χ1v) is 8.04. The van der Waals surface area contributed by atoms with E-state index in [0.717, 1.165) is 0 Å². The molecule has 1 amide bonds. The first-order valence-electron chi connectivity index (χ1n) is 6.22. The Labute approximate surface area is 113 Å². The lowest BCUT2D eigenvalue weighted by atomic mass is 9.85. The minimum absolute atomic E-state index is 0.0534. The van der Waals surface area contributed by atoms with Gasteiger partial charge in [-0.3, -0.25) is 4.79 Å². The Morgan fingerprint density at radius 2 is 2.21 bits per heavy atom. The van der Waals surface area contributed by atoms with Gasteiger partial charge in [-0.15, -0.1) is 0 Å². The summed E-state index contributed by atoms with van der Waals surface area (Å²) in [7, 11) is -2.95. The number of nitrogens with zero attached hydrogens (tertiary/aromatic N) is 1. The number of amides is 1. The van der Waals surface area contributed by atoms with E-state index in [1.54, 1.807) is 13.8 Å². The van der Waals surface area contributed by atoms with Crippen molar-refractivity contribution in [2.24, 2.45) is 22.2 Å². The third kappa shape index (κ3) is 3.59. The van der Waals surface area contributed by atoms with Crippen LogP contribution in [0.1, 0.15) is 26.7 Å². The van der Waals surface area contributed by atoms with Crippen molar-refractivity contribution in [1.29, 1.82) is 0 Å². The maximum Gasteiger partial charge on any atom is 0.233 e. The first kappa shape index (κ1) is 15.7. The molecule has 2 atom stereocenters. The van der Waals surface area contributed by atoms with Crippen LogP contribution in [0.4, 0.5) is 0 Å². The molecule has 1 rings (SSSR count). The standard InChI is InChI=1S/C11H21N3O4S/c1-3-11(2,9(12)14-16)10(15)13-6-8-4-5-19(17,18)7-8/h8,16H,3-7H2,1-2H3,(H2,12,14)(H,13,15). The molecule has 0 aliphatic carbocycles. The molecule has 4 N–H and O–H groups in total. The zero-order chi connectivity index (χ0) is 14.7. The molecule has 0 bridgehead atoms. The van der Waals surface area contributed by atoms with Crippen molar-refractivity contribution in [2.75, 3.05) is 18.1 Å². The maximum absolute atomic E-state index is 12.1. The molecule has 0 radical (unpaired) electrons. The molecule has 2 unspecified atom stereocenters. The van der Waals surface area contributed by atoms with Crippen LogP contribution in [-0.2, 0) is 14.6 Å². The first-order chi connectivity index (χ1) is 8.75. The number of amidine groups is 1. The lowest BCUT2D eigenvalue weighted by Gasteiger charge is -2.25. The smallest absolute Gasteiger partial charge is 0.233 e. The number of hydrogen-bond donors (Lipinski definition) is 3. The van der Waals surface area contributed by atoms with Gasteiger partial charge in [0.2, 0.25) is 5.91 Å². The molecule has 0 aromatic carbocycles. The summed E-state index contributed by atoms with van der Waals surface area (Å²) in [4.78, 5) is 12.1. The van der Waals surface area contributed by atoms with Gasteiger partial charge in [-0.1, -0.05) is 12.1 Å². The topological polar surface area (TPSA) is 122 Å². The van der Waals surface area contributed by atoms with Gasteiger partial charge in [0.25, 0.3) is 0 Å². The van der Waals surface area contributed by atoms with Gasteiger partial charge in [-0.2, -0.15) is 0 Å². The van der Waals surface area contributed by atoms with E-state index in [0.29, 0.717) is 19.4 Å². The highest BCUT2D eigenvalue weighted by Gasteiger charge is 2.37. The average molecular weight is 291 g/mol. The van der Waals surface area contributed by atoms with Crippen molar-refractivity contribution >= 4 is 21.6 Å². The van der Waals surface area contributed by atoms with Gasteiger partial charge < -0.3 is 16.3 Å². The third-order valence-electron chi connectivity index (χ3n) is 3.76. The molecule has 19 heavy (non-hydrogen) atoms. The number of rotatable bonds is 5. The summed E-state index contributed by atoms with van der Waals surface area (Å²) in [6.45, 7) is 3.65. The average Bonchev–Trinajstić information content (AvgIpc) is 2.73. The van der Waals surface area contributed by atoms with E-state index in [4.69, 9.17) is 10.9 Å². The highest BCUT2D eigenvalue weighted by atomic mass is 32.2. The second kappa shape index (κ2) is 5.77. The molecule has 1 fully saturated rings. The van der Waals surface area contributed by atoms with Crippen LogP contribution in [-0.4, -0.2) is 43.4 Å².